The van der Waals surface area contributed by atoms with Crippen molar-refractivity contribution in [3.63, 3.8) is 0 Å². The molecule has 0 spiro atoms. The standard InChI is InChI=1S/C26H32N2/c1-17-19(3)25(27)15-13-23(17)11-9-21-5-7-22(8-6-21)10-12-24-14-16-26(28)20(4)18(24)2/h5-8,13-16H,9-12,27-28H2,1-4H3. The number of hydrogen-bond acceptors (Lipinski definition) is 2. The normalized spacial score (nSPS) is 11.0. The molecule has 0 saturated heterocycles. The minimum atomic E-state index is 0.886. The van der Waals surface area contributed by atoms with Crippen LogP contribution in [0.3, 0.4) is 0 Å². The second-order valence-electron chi connectivity index (χ2n) is 7.94. The van der Waals surface area contributed by atoms with E-state index in [1.165, 1.54) is 44.5 Å². The van der Waals surface area contributed by atoms with Crippen molar-refractivity contribution in [1.29, 1.82) is 0 Å². The first kappa shape index (κ1) is 20.0. The summed E-state index contributed by atoms with van der Waals surface area (Å²) in [5.74, 6) is 0. The summed E-state index contributed by atoms with van der Waals surface area (Å²) in [5.41, 5.74) is 24.4. The Hall–Kier alpha value is -2.74. The summed E-state index contributed by atoms with van der Waals surface area (Å²) in [6.45, 7) is 8.55. The van der Waals surface area contributed by atoms with E-state index in [0.29, 0.717) is 0 Å². The van der Waals surface area contributed by atoms with Gasteiger partial charge in [-0.15, -0.1) is 0 Å². The van der Waals surface area contributed by atoms with Gasteiger partial charge in [0.1, 0.15) is 0 Å². The van der Waals surface area contributed by atoms with E-state index in [1.807, 2.05) is 12.1 Å². The molecule has 146 valence electrons. The predicted octanol–water partition coefficient (Wildman–Crippen LogP) is 5.66. The number of aryl methyl sites for hydroxylation is 4. The van der Waals surface area contributed by atoms with Gasteiger partial charge in [-0.1, -0.05) is 36.4 Å². The maximum atomic E-state index is 6.00. The largest absolute Gasteiger partial charge is 0.399 e. The Morgan fingerprint density at radius 3 is 1.18 bits per heavy atom. The fourth-order valence-corrected chi connectivity index (χ4v) is 3.77. The van der Waals surface area contributed by atoms with Crippen LogP contribution >= 0.6 is 0 Å². The van der Waals surface area contributed by atoms with Gasteiger partial charge in [0.15, 0.2) is 0 Å². The smallest absolute Gasteiger partial charge is 0.0346 e. The van der Waals surface area contributed by atoms with Gasteiger partial charge in [0, 0.05) is 11.4 Å². The van der Waals surface area contributed by atoms with Crippen LogP contribution in [0, 0.1) is 27.7 Å². The molecule has 28 heavy (non-hydrogen) atoms. The highest BCUT2D eigenvalue weighted by Crippen LogP contribution is 2.22. The van der Waals surface area contributed by atoms with Crippen molar-refractivity contribution in [1.82, 2.24) is 0 Å². The third-order valence-corrected chi connectivity index (χ3v) is 6.27. The third kappa shape index (κ3) is 4.39. The van der Waals surface area contributed by atoms with Crippen LogP contribution in [-0.4, -0.2) is 0 Å². The molecular weight excluding hydrogens is 340 g/mol. The minimum Gasteiger partial charge on any atom is -0.399 e. The lowest BCUT2D eigenvalue weighted by atomic mass is 9.94. The van der Waals surface area contributed by atoms with Crippen molar-refractivity contribution in [2.75, 3.05) is 11.5 Å². The van der Waals surface area contributed by atoms with E-state index in [0.717, 1.165) is 37.1 Å². The fourth-order valence-electron chi connectivity index (χ4n) is 3.77. The SMILES string of the molecule is Cc1c(N)ccc(CCc2ccc(CCc3ccc(N)c(C)c3C)cc2)c1C. The van der Waals surface area contributed by atoms with Gasteiger partial charge in [-0.25, -0.2) is 0 Å². The third-order valence-electron chi connectivity index (χ3n) is 6.27. The molecule has 0 aliphatic rings. The Labute approximate surface area is 169 Å². The molecule has 0 saturated carbocycles. The Morgan fingerprint density at radius 1 is 0.464 bits per heavy atom. The first-order valence-corrected chi connectivity index (χ1v) is 10.1. The molecule has 0 aliphatic heterocycles. The number of hydrogen-bond donors (Lipinski definition) is 2. The highest BCUT2D eigenvalue weighted by atomic mass is 14.6. The van der Waals surface area contributed by atoms with Gasteiger partial charge in [0.05, 0.1) is 0 Å². The van der Waals surface area contributed by atoms with Crippen LogP contribution in [0.1, 0.15) is 44.5 Å². The Balaban J connectivity index is 1.60. The molecule has 0 fully saturated rings. The second-order valence-corrected chi connectivity index (χ2v) is 7.94. The van der Waals surface area contributed by atoms with Crippen molar-refractivity contribution >= 4 is 11.4 Å². The van der Waals surface area contributed by atoms with E-state index in [2.05, 4.69) is 64.1 Å². The molecule has 2 nitrogen and oxygen atoms in total. The molecule has 0 atom stereocenters. The van der Waals surface area contributed by atoms with Gasteiger partial charge in [0.25, 0.3) is 0 Å². The lowest BCUT2D eigenvalue weighted by molar-refractivity contribution is 0.927. The zero-order valence-electron chi connectivity index (χ0n) is 17.6. The summed E-state index contributed by atoms with van der Waals surface area (Å²) in [6.07, 6.45) is 4.22. The van der Waals surface area contributed by atoms with Crippen LogP contribution in [0.15, 0.2) is 48.5 Å². The Bertz CT molecular complexity index is 888. The second kappa shape index (κ2) is 8.52. The monoisotopic (exact) mass is 372 g/mol. The van der Waals surface area contributed by atoms with Crippen molar-refractivity contribution < 1.29 is 0 Å². The molecule has 0 aromatic heterocycles. The fraction of sp³-hybridized carbons (Fsp3) is 0.308. The van der Waals surface area contributed by atoms with Gasteiger partial charge in [-0.3, -0.25) is 0 Å². The zero-order valence-corrected chi connectivity index (χ0v) is 17.6. The number of nitrogen functional groups attached to an aromatic ring is 2. The van der Waals surface area contributed by atoms with Gasteiger partial charge in [-0.05, 0) is 110 Å². The van der Waals surface area contributed by atoms with Crippen LogP contribution in [0.25, 0.3) is 0 Å². The van der Waals surface area contributed by atoms with Crippen LogP contribution in [0.4, 0.5) is 11.4 Å². The van der Waals surface area contributed by atoms with Crippen LogP contribution in [0.2, 0.25) is 0 Å². The summed E-state index contributed by atoms with van der Waals surface area (Å²) < 4.78 is 0. The van der Waals surface area contributed by atoms with Crippen LogP contribution in [0.5, 0.6) is 0 Å². The highest BCUT2D eigenvalue weighted by molar-refractivity contribution is 5.53. The lowest BCUT2D eigenvalue weighted by Gasteiger charge is -2.12. The summed E-state index contributed by atoms with van der Waals surface area (Å²) in [5, 5.41) is 0. The first-order valence-electron chi connectivity index (χ1n) is 10.1. The molecule has 0 unspecified atom stereocenters. The highest BCUT2D eigenvalue weighted by Gasteiger charge is 2.06. The summed E-state index contributed by atoms with van der Waals surface area (Å²) in [4.78, 5) is 0. The molecule has 0 radical (unpaired) electrons. The Kier molecular flexibility index (Phi) is 6.08. The first-order chi connectivity index (χ1) is 13.4. The molecule has 0 amide bonds. The van der Waals surface area contributed by atoms with Crippen molar-refractivity contribution in [2.24, 2.45) is 0 Å². The minimum absolute atomic E-state index is 0.886. The predicted molar refractivity (Wildman–Crippen MR) is 122 cm³/mol. The van der Waals surface area contributed by atoms with Gasteiger partial charge in [0.2, 0.25) is 0 Å². The van der Waals surface area contributed by atoms with E-state index < -0.39 is 0 Å². The van der Waals surface area contributed by atoms with E-state index >= 15 is 0 Å². The van der Waals surface area contributed by atoms with E-state index in [1.54, 1.807) is 0 Å². The van der Waals surface area contributed by atoms with E-state index in [4.69, 9.17) is 11.5 Å². The maximum absolute atomic E-state index is 6.00. The average molecular weight is 373 g/mol. The molecule has 3 rings (SSSR count). The number of anilines is 2. The topological polar surface area (TPSA) is 52.0 Å². The summed E-state index contributed by atoms with van der Waals surface area (Å²) in [6, 6.07) is 17.5. The van der Waals surface area contributed by atoms with Gasteiger partial charge < -0.3 is 11.5 Å². The van der Waals surface area contributed by atoms with Crippen LogP contribution in [-0.2, 0) is 25.7 Å². The Morgan fingerprint density at radius 2 is 0.821 bits per heavy atom. The molecule has 3 aromatic carbocycles. The summed E-state index contributed by atoms with van der Waals surface area (Å²) >= 11 is 0. The molecule has 0 bridgehead atoms. The van der Waals surface area contributed by atoms with Crippen LogP contribution < -0.4 is 11.5 Å². The number of benzene rings is 3. The van der Waals surface area contributed by atoms with Crippen molar-refractivity contribution in [3.8, 4) is 0 Å². The maximum Gasteiger partial charge on any atom is 0.0346 e. The van der Waals surface area contributed by atoms with Crippen molar-refractivity contribution in [3.05, 3.63) is 93.0 Å². The molecule has 0 aliphatic carbocycles. The quantitative estimate of drug-likeness (QED) is 0.549. The van der Waals surface area contributed by atoms with E-state index in [9.17, 15) is 0 Å². The van der Waals surface area contributed by atoms with Gasteiger partial charge >= 0.3 is 0 Å². The number of rotatable bonds is 6. The van der Waals surface area contributed by atoms with Crippen molar-refractivity contribution in [2.45, 2.75) is 53.4 Å². The molecule has 0 heterocycles. The molecule has 4 N–H and O–H groups in total. The van der Waals surface area contributed by atoms with Gasteiger partial charge in [-0.2, -0.15) is 0 Å². The molecule has 2 heteroatoms. The zero-order chi connectivity index (χ0) is 20.3. The summed E-state index contributed by atoms with van der Waals surface area (Å²) in [7, 11) is 0. The molecular formula is C26H32N2. The lowest BCUT2D eigenvalue weighted by Crippen LogP contribution is -2.00. The average Bonchev–Trinajstić information content (AvgIpc) is 2.70. The molecule has 3 aromatic rings. The number of nitrogens with two attached hydrogens (primary N) is 2. The van der Waals surface area contributed by atoms with E-state index in [-0.39, 0.29) is 0 Å².